The molecule has 1 atom stereocenters. The van der Waals surface area contributed by atoms with Crippen molar-refractivity contribution in [2.75, 3.05) is 13.7 Å². The summed E-state index contributed by atoms with van der Waals surface area (Å²) in [5, 5.41) is 0. The molecule has 2 N–H and O–H groups in total. The molecule has 100 valence electrons. The highest BCUT2D eigenvalue weighted by molar-refractivity contribution is 5.69. The summed E-state index contributed by atoms with van der Waals surface area (Å²) >= 11 is 0. The smallest absolute Gasteiger partial charge is 0.305 e. The lowest BCUT2D eigenvalue weighted by molar-refractivity contribution is -0.140. The molecule has 0 aromatic heterocycles. The monoisotopic (exact) mass is 251 g/mol. The fraction of sp³-hybridized carbons (Fsp3) is 0.500. The molecule has 1 aromatic carbocycles. The molecule has 0 bridgehead atoms. The molecule has 0 spiro atoms. The number of carbonyl (C=O) groups is 1. The predicted molar refractivity (Wildman–Crippen MR) is 70.5 cm³/mol. The number of aryl methyl sites for hydroxylation is 1. The van der Waals surface area contributed by atoms with Crippen LogP contribution in [0, 0.1) is 6.92 Å². The number of hydrogen-bond acceptors (Lipinski definition) is 4. The van der Waals surface area contributed by atoms with Gasteiger partial charge in [-0.05, 0) is 37.5 Å². The third kappa shape index (κ3) is 4.37. The van der Waals surface area contributed by atoms with Crippen molar-refractivity contribution in [3.63, 3.8) is 0 Å². The van der Waals surface area contributed by atoms with Crippen molar-refractivity contribution < 1.29 is 14.3 Å². The zero-order valence-electron chi connectivity index (χ0n) is 11.2. The van der Waals surface area contributed by atoms with Gasteiger partial charge in [0.25, 0.3) is 0 Å². The average Bonchev–Trinajstić information content (AvgIpc) is 2.35. The standard InChI is InChI=1S/C14H21NO3/c1-10-9-12(11(2)15)6-7-13(10)18-8-4-5-14(16)17-3/h6-7,9,11H,4-5,8,15H2,1-3H3. The van der Waals surface area contributed by atoms with Crippen molar-refractivity contribution in [2.45, 2.75) is 32.7 Å². The van der Waals surface area contributed by atoms with Gasteiger partial charge in [0.1, 0.15) is 5.75 Å². The highest BCUT2D eigenvalue weighted by Crippen LogP contribution is 2.22. The molecule has 1 unspecified atom stereocenters. The maximum atomic E-state index is 10.9. The minimum absolute atomic E-state index is 0.0251. The van der Waals surface area contributed by atoms with Gasteiger partial charge < -0.3 is 15.2 Å². The average molecular weight is 251 g/mol. The zero-order chi connectivity index (χ0) is 13.5. The van der Waals surface area contributed by atoms with Crippen LogP contribution < -0.4 is 10.5 Å². The topological polar surface area (TPSA) is 61.5 Å². The Labute approximate surface area is 108 Å². The van der Waals surface area contributed by atoms with Gasteiger partial charge in [0.15, 0.2) is 0 Å². The predicted octanol–water partition coefficient (Wildman–Crippen LogP) is 2.35. The van der Waals surface area contributed by atoms with Crippen molar-refractivity contribution >= 4 is 5.97 Å². The SMILES string of the molecule is COC(=O)CCCOc1ccc(C(C)N)cc1C. The first-order valence-electron chi connectivity index (χ1n) is 6.10. The molecular weight excluding hydrogens is 230 g/mol. The molecule has 1 aromatic rings. The van der Waals surface area contributed by atoms with Crippen molar-refractivity contribution in [3.8, 4) is 5.75 Å². The normalized spacial score (nSPS) is 12.0. The van der Waals surface area contributed by atoms with Gasteiger partial charge in [-0.15, -0.1) is 0 Å². The summed E-state index contributed by atoms with van der Waals surface area (Å²) in [5.41, 5.74) is 7.96. The van der Waals surface area contributed by atoms with E-state index in [0.29, 0.717) is 19.4 Å². The Morgan fingerprint density at radius 1 is 1.44 bits per heavy atom. The molecule has 1 rings (SSSR count). The number of carbonyl (C=O) groups excluding carboxylic acids is 1. The van der Waals surface area contributed by atoms with E-state index in [4.69, 9.17) is 10.5 Å². The van der Waals surface area contributed by atoms with Crippen LogP contribution >= 0.6 is 0 Å². The van der Waals surface area contributed by atoms with E-state index in [2.05, 4.69) is 4.74 Å². The molecule has 0 saturated carbocycles. The van der Waals surface area contributed by atoms with Crippen LogP contribution in [-0.2, 0) is 9.53 Å². The molecule has 0 aliphatic rings. The maximum Gasteiger partial charge on any atom is 0.305 e. The van der Waals surface area contributed by atoms with Crippen LogP contribution in [0.2, 0.25) is 0 Å². The first-order valence-corrected chi connectivity index (χ1v) is 6.10. The minimum atomic E-state index is -0.206. The molecule has 0 aliphatic carbocycles. The van der Waals surface area contributed by atoms with Crippen molar-refractivity contribution in [3.05, 3.63) is 29.3 Å². The van der Waals surface area contributed by atoms with Crippen LogP contribution in [-0.4, -0.2) is 19.7 Å². The number of ether oxygens (including phenoxy) is 2. The number of hydrogen-bond donors (Lipinski definition) is 1. The van der Waals surface area contributed by atoms with E-state index >= 15 is 0 Å². The number of benzene rings is 1. The lowest BCUT2D eigenvalue weighted by Crippen LogP contribution is -2.07. The van der Waals surface area contributed by atoms with E-state index in [0.717, 1.165) is 16.9 Å². The van der Waals surface area contributed by atoms with E-state index in [1.807, 2.05) is 32.0 Å². The van der Waals surface area contributed by atoms with Crippen LogP contribution in [0.15, 0.2) is 18.2 Å². The van der Waals surface area contributed by atoms with Gasteiger partial charge in [0.2, 0.25) is 0 Å². The van der Waals surface area contributed by atoms with Gasteiger partial charge in [-0.25, -0.2) is 0 Å². The second-order valence-corrected chi connectivity index (χ2v) is 4.34. The number of rotatable bonds is 6. The number of methoxy groups -OCH3 is 1. The van der Waals surface area contributed by atoms with Crippen LogP contribution in [0.4, 0.5) is 0 Å². The quantitative estimate of drug-likeness (QED) is 0.622. The molecule has 0 fully saturated rings. The van der Waals surface area contributed by atoms with Gasteiger partial charge >= 0.3 is 5.97 Å². The van der Waals surface area contributed by atoms with Gasteiger partial charge in [0.05, 0.1) is 13.7 Å². The van der Waals surface area contributed by atoms with Crippen LogP contribution in [0.5, 0.6) is 5.75 Å². The first kappa shape index (κ1) is 14.5. The molecule has 4 heteroatoms. The second kappa shape index (κ2) is 7.01. The van der Waals surface area contributed by atoms with E-state index in [1.54, 1.807) is 0 Å². The molecule has 0 heterocycles. The number of nitrogens with two attached hydrogens (primary N) is 1. The Balaban J connectivity index is 2.45. The van der Waals surface area contributed by atoms with Gasteiger partial charge in [0, 0.05) is 12.5 Å². The highest BCUT2D eigenvalue weighted by Gasteiger charge is 2.05. The molecule has 0 amide bonds. The Hall–Kier alpha value is -1.55. The number of esters is 1. The molecule has 4 nitrogen and oxygen atoms in total. The van der Waals surface area contributed by atoms with Crippen molar-refractivity contribution in [1.82, 2.24) is 0 Å². The van der Waals surface area contributed by atoms with E-state index in [1.165, 1.54) is 7.11 Å². The van der Waals surface area contributed by atoms with Crippen LogP contribution in [0.25, 0.3) is 0 Å². The highest BCUT2D eigenvalue weighted by atomic mass is 16.5. The van der Waals surface area contributed by atoms with E-state index in [-0.39, 0.29) is 12.0 Å². The summed E-state index contributed by atoms with van der Waals surface area (Å²) in [7, 11) is 1.39. The lowest BCUT2D eigenvalue weighted by Gasteiger charge is -2.12. The van der Waals surface area contributed by atoms with Gasteiger partial charge in [-0.2, -0.15) is 0 Å². The summed E-state index contributed by atoms with van der Waals surface area (Å²) in [4.78, 5) is 10.9. The second-order valence-electron chi connectivity index (χ2n) is 4.34. The van der Waals surface area contributed by atoms with Crippen LogP contribution in [0.3, 0.4) is 0 Å². The van der Waals surface area contributed by atoms with E-state index < -0.39 is 0 Å². The maximum absolute atomic E-state index is 10.9. The summed E-state index contributed by atoms with van der Waals surface area (Å²) in [5.74, 6) is 0.631. The Bertz CT molecular complexity index is 402. The molecule has 0 radical (unpaired) electrons. The van der Waals surface area contributed by atoms with Crippen LogP contribution in [0.1, 0.15) is 36.9 Å². The summed E-state index contributed by atoms with van der Waals surface area (Å²) in [6.07, 6.45) is 1.04. The summed E-state index contributed by atoms with van der Waals surface area (Å²) in [6.45, 7) is 4.45. The molecule has 0 saturated heterocycles. The lowest BCUT2D eigenvalue weighted by atomic mass is 10.1. The molecule has 0 aliphatic heterocycles. The third-order valence-corrected chi connectivity index (χ3v) is 2.74. The first-order chi connectivity index (χ1) is 8.54. The molecule has 18 heavy (non-hydrogen) atoms. The Morgan fingerprint density at radius 3 is 2.72 bits per heavy atom. The summed E-state index contributed by atoms with van der Waals surface area (Å²) < 4.78 is 10.2. The van der Waals surface area contributed by atoms with Crippen molar-refractivity contribution in [2.24, 2.45) is 5.73 Å². The largest absolute Gasteiger partial charge is 0.493 e. The van der Waals surface area contributed by atoms with Gasteiger partial charge in [-0.3, -0.25) is 4.79 Å². The zero-order valence-corrected chi connectivity index (χ0v) is 11.2. The Kier molecular flexibility index (Phi) is 5.65. The fourth-order valence-electron chi connectivity index (χ4n) is 1.62. The fourth-order valence-corrected chi connectivity index (χ4v) is 1.62. The van der Waals surface area contributed by atoms with Gasteiger partial charge in [-0.1, -0.05) is 12.1 Å². The third-order valence-electron chi connectivity index (χ3n) is 2.74. The summed E-state index contributed by atoms with van der Waals surface area (Å²) in [6, 6.07) is 5.94. The van der Waals surface area contributed by atoms with Crippen molar-refractivity contribution in [1.29, 1.82) is 0 Å². The Morgan fingerprint density at radius 2 is 2.17 bits per heavy atom. The molecular formula is C14H21NO3. The minimum Gasteiger partial charge on any atom is -0.493 e. The van der Waals surface area contributed by atoms with E-state index in [9.17, 15) is 4.79 Å².